The van der Waals surface area contributed by atoms with Gasteiger partial charge in [0.25, 0.3) is 0 Å². The number of rotatable bonds is 1. The average Bonchev–Trinajstić information content (AvgIpc) is 3.38. The van der Waals surface area contributed by atoms with Crippen molar-refractivity contribution in [3.63, 3.8) is 0 Å². The maximum atomic E-state index is 16.3. The van der Waals surface area contributed by atoms with E-state index >= 15 is 65.9 Å². The summed E-state index contributed by atoms with van der Waals surface area (Å²) in [5.74, 6) is -29.4. The summed E-state index contributed by atoms with van der Waals surface area (Å²) in [6, 6.07) is 2.61. The molecule has 50 heavy (non-hydrogen) atoms. The Bertz CT molecular complexity index is 2640. The highest BCUT2D eigenvalue weighted by Crippen LogP contribution is 2.62. The summed E-state index contributed by atoms with van der Waals surface area (Å²) in [6.07, 6.45) is -14.3. The molecular formula is C30H4F16N4. The van der Waals surface area contributed by atoms with Gasteiger partial charge in [0, 0.05) is 40.2 Å². The summed E-state index contributed by atoms with van der Waals surface area (Å²) in [5.41, 5.74) is -15.9. The Balaban J connectivity index is 2.38. The number of nitrogens with zero attached hydrogens (tertiary/aromatic N) is 4. The number of hydrogen-bond donors (Lipinski definition) is 0. The molecule has 4 aromatic rings. The summed E-state index contributed by atoms with van der Waals surface area (Å²) in [6.45, 7) is 0. The van der Waals surface area contributed by atoms with E-state index in [1.54, 1.807) is 0 Å². The van der Waals surface area contributed by atoms with Crippen molar-refractivity contribution in [2.75, 3.05) is 7.05 Å². The summed E-state index contributed by atoms with van der Waals surface area (Å²) >= 11 is 0. The number of aliphatic imine (C=N–C) groups is 1. The van der Waals surface area contributed by atoms with Gasteiger partial charge in [-0.3, -0.25) is 4.99 Å². The molecule has 0 atom stereocenters. The van der Waals surface area contributed by atoms with Crippen molar-refractivity contribution in [1.82, 2.24) is 0 Å². The smallest absolute Gasteiger partial charge is 0.295 e. The van der Waals surface area contributed by atoms with Crippen molar-refractivity contribution < 1.29 is 70.2 Å². The number of halogens is 16. The van der Waals surface area contributed by atoms with E-state index in [0.29, 0.717) is 0 Å². The lowest BCUT2D eigenvalue weighted by Crippen LogP contribution is -2.55. The molecule has 4 nitrogen and oxygen atoms in total. The van der Waals surface area contributed by atoms with Gasteiger partial charge in [-0.05, 0) is 0 Å². The molecule has 0 aromatic heterocycles. The average molecular weight is 724 g/mol. The molecule has 0 unspecified atom stereocenters. The van der Waals surface area contributed by atoms with Crippen LogP contribution in [0.2, 0.25) is 0 Å². The first-order valence-corrected chi connectivity index (χ1v) is 12.7. The van der Waals surface area contributed by atoms with Crippen molar-refractivity contribution >= 4 is 38.9 Å². The predicted molar refractivity (Wildman–Crippen MR) is 135 cm³/mol. The maximum Gasteiger partial charge on any atom is 0.411 e. The highest BCUT2D eigenvalue weighted by Gasteiger charge is 2.76. The number of fused-ring (bicyclic) bond motifs is 5. The monoisotopic (exact) mass is 724 g/mol. The van der Waals surface area contributed by atoms with Gasteiger partial charge in [-0.15, -0.1) is 0 Å². The van der Waals surface area contributed by atoms with Gasteiger partial charge >= 0.3 is 12.4 Å². The second kappa shape index (κ2) is 11.1. The standard InChI is InChI=1S/C30H4F16N4/c1-50-5-7(4-49)9-21(34)17-11(25(38)23(9)36)10-16(28(17,29(41,42)43)30(44,45)46)12-13(26(39)24(10)37)20(33)14-15(19(12)32)27(40)22(35)8(18(14)31)6(2-47)3-48/h5H,1H3/b9-7-,50-5+. The van der Waals surface area contributed by atoms with E-state index in [9.17, 15) is 9.65 Å². The zero-order chi connectivity index (χ0) is 37.7. The number of benzene rings is 4. The minimum atomic E-state index is -7.21. The third kappa shape index (κ3) is 4.03. The van der Waals surface area contributed by atoms with Crippen LogP contribution in [0, 0.1) is 103 Å². The van der Waals surface area contributed by atoms with Gasteiger partial charge < -0.3 is 0 Å². The van der Waals surface area contributed by atoms with Gasteiger partial charge in [-0.1, -0.05) is 0 Å². The maximum absolute atomic E-state index is 16.3. The highest BCUT2D eigenvalue weighted by atomic mass is 19.4. The normalized spacial score (nSPS) is 14.4. The van der Waals surface area contributed by atoms with Crippen molar-refractivity contribution in [1.29, 1.82) is 15.8 Å². The Hall–Kier alpha value is -5.84. The molecule has 0 saturated carbocycles. The summed E-state index contributed by atoms with van der Waals surface area (Å²) < 4.78 is 247. The molecule has 0 saturated heterocycles. The molecule has 0 aliphatic heterocycles. The second-order valence-electron chi connectivity index (χ2n) is 10.1. The Kier molecular flexibility index (Phi) is 7.87. The van der Waals surface area contributed by atoms with Gasteiger partial charge in [-0.2, -0.15) is 42.1 Å². The van der Waals surface area contributed by atoms with Crippen LogP contribution in [-0.4, -0.2) is 25.6 Å². The van der Waals surface area contributed by atoms with E-state index in [0.717, 1.165) is 25.3 Å². The van der Waals surface area contributed by atoms with Crippen LogP contribution in [0.5, 0.6) is 0 Å². The summed E-state index contributed by atoms with van der Waals surface area (Å²) in [7, 11) is 0.779. The minimum absolute atomic E-state index is 0.150. The molecule has 1 aliphatic carbocycles. The Morgan fingerprint density at radius 1 is 0.520 bits per heavy atom. The van der Waals surface area contributed by atoms with E-state index in [1.165, 1.54) is 0 Å². The predicted octanol–water partition coefficient (Wildman–Crippen LogP) is 6.97. The fourth-order valence-electron chi connectivity index (χ4n) is 6.02. The molecule has 5 rings (SSSR count). The molecule has 0 amide bonds. The van der Waals surface area contributed by atoms with Crippen LogP contribution in [-0.2, 0) is 5.41 Å². The number of nitriles is 3. The minimum Gasteiger partial charge on any atom is -0.295 e. The lowest BCUT2D eigenvalue weighted by Gasteiger charge is -2.37. The first-order chi connectivity index (χ1) is 23.1. The molecule has 0 bridgehead atoms. The number of alkyl halides is 6. The third-order valence-electron chi connectivity index (χ3n) is 7.87. The van der Waals surface area contributed by atoms with Crippen LogP contribution >= 0.6 is 0 Å². The van der Waals surface area contributed by atoms with Gasteiger partial charge in [-0.25, -0.2) is 43.9 Å². The van der Waals surface area contributed by atoms with E-state index in [4.69, 9.17) is 10.5 Å². The molecule has 0 spiro atoms. The molecule has 0 fully saturated rings. The first-order valence-electron chi connectivity index (χ1n) is 12.7. The summed E-state index contributed by atoms with van der Waals surface area (Å²) in [4.78, 5) is 3.11. The molecule has 0 heterocycles. The molecule has 0 radical (unpaired) electrons. The van der Waals surface area contributed by atoms with E-state index in [2.05, 4.69) is 4.99 Å². The molecule has 1 aliphatic rings. The Labute approximate surface area is 263 Å². The fourth-order valence-corrected chi connectivity index (χ4v) is 6.02. The Morgan fingerprint density at radius 3 is 1.42 bits per heavy atom. The van der Waals surface area contributed by atoms with Crippen LogP contribution in [0.4, 0.5) is 70.2 Å². The largest absolute Gasteiger partial charge is 0.411 e. The van der Waals surface area contributed by atoms with Gasteiger partial charge in [0.15, 0.2) is 34.9 Å². The van der Waals surface area contributed by atoms with Crippen molar-refractivity contribution in [2.24, 2.45) is 4.99 Å². The van der Waals surface area contributed by atoms with Crippen LogP contribution < -0.4 is 10.4 Å². The molecular weight excluding hydrogens is 720 g/mol. The molecule has 0 N–H and O–H groups in total. The van der Waals surface area contributed by atoms with Crippen LogP contribution in [0.3, 0.4) is 0 Å². The van der Waals surface area contributed by atoms with Crippen molar-refractivity contribution in [3.05, 3.63) is 90.2 Å². The van der Waals surface area contributed by atoms with Gasteiger partial charge in [0.05, 0.1) is 32.2 Å². The van der Waals surface area contributed by atoms with E-state index < -0.39 is 141 Å². The third-order valence-corrected chi connectivity index (χ3v) is 7.87. The van der Waals surface area contributed by atoms with Gasteiger partial charge in [0.1, 0.15) is 47.0 Å². The molecule has 256 valence electrons. The lowest BCUT2D eigenvalue weighted by atomic mass is 9.73. The molecule has 4 aromatic carbocycles. The topological polar surface area (TPSA) is 83.7 Å². The fraction of sp³-hybridized carbons (Fsp3) is 0.133. The SMILES string of the molecule is C/N=C/C(C#N)=c1\c(F)c(F)c2c(c1F)C(C(F)(F)F)(C(F)(F)F)c1c=2c(F)c(F)c2c(F)c3c(F)c(=C(C#N)C#N)c(F)c(F)c3c(F)c12. The van der Waals surface area contributed by atoms with Crippen LogP contribution in [0.15, 0.2) is 4.99 Å². The van der Waals surface area contributed by atoms with E-state index in [1.807, 2.05) is 0 Å². The first kappa shape index (κ1) is 35.5. The highest BCUT2D eigenvalue weighted by molar-refractivity contribution is 6.08. The van der Waals surface area contributed by atoms with Crippen molar-refractivity contribution in [2.45, 2.75) is 17.8 Å². The van der Waals surface area contributed by atoms with Crippen molar-refractivity contribution in [3.8, 4) is 18.2 Å². The second-order valence-corrected chi connectivity index (χ2v) is 10.1. The van der Waals surface area contributed by atoms with Crippen LogP contribution in [0.25, 0.3) is 32.7 Å². The summed E-state index contributed by atoms with van der Waals surface area (Å²) in [5, 5.41) is 7.06. The lowest BCUT2D eigenvalue weighted by molar-refractivity contribution is -0.288. The van der Waals surface area contributed by atoms with Gasteiger partial charge in [0.2, 0.25) is 5.41 Å². The van der Waals surface area contributed by atoms with Crippen LogP contribution in [0.1, 0.15) is 11.1 Å². The van der Waals surface area contributed by atoms with E-state index in [-0.39, 0.29) is 6.21 Å². The zero-order valence-electron chi connectivity index (χ0n) is 23.4. The quantitative estimate of drug-likeness (QED) is 0.0921. The Morgan fingerprint density at radius 2 is 0.940 bits per heavy atom. The number of hydrogen-bond acceptors (Lipinski definition) is 4. The molecule has 20 heteroatoms. The zero-order valence-corrected chi connectivity index (χ0v) is 23.4.